The lowest BCUT2D eigenvalue weighted by atomic mass is 10.0. The average Bonchev–Trinajstić information content (AvgIpc) is 2.78. The normalized spacial score (nSPS) is 17.1. The largest absolute Gasteiger partial charge is 0.441 e. The first-order chi connectivity index (χ1) is 7.57. The Morgan fingerprint density at radius 2 is 2.25 bits per heavy atom. The molecule has 0 radical (unpaired) electrons. The van der Waals surface area contributed by atoms with Gasteiger partial charge in [-0.2, -0.15) is 0 Å². The van der Waals surface area contributed by atoms with Crippen molar-refractivity contribution < 1.29 is 9.15 Å². The summed E-state index contributed by atoms with van der Waals surface area (Å²) in [5.41, 5.74) is -0.378. The van der Waals surface area contributed by atoms with Crippen LogP contribution in [0, 0.1) is 0 Å². The van der Waals surface area contributed by atoms with Crippen LogP contribution in [0.1, 0.15) is 51.8 Å². The topological polar surface area (TPSA) is 47.3 Å². The third kappa shape index (κ3) is 2.62. The molecule has 1 aromatic heterocycles. The van der Waals surface area contributed by atoms with E-state index in [0.717, 1.165) is 18.7 Å². The lowest BCUT2D eigenvalue weighted by Gasteiger charge is -2.23. The van der Waals surface area contributed by atoms with Crippen LogP contribution < -0.4 is 5.32 Å². The first kappa shape index (κ1) is 13.2. The Kier molecular flexibility index (Phi) is 4.50. The van der Waals surface area contributed by atoms with E-state index in [0.29, 0.717) is 5.89 Å². The number of oxazole rings is 1. The summed E-state index contributed by atoms with van der Waals surface area (Å²) >= 11 is 0. The predicted molar refractivity (Wildman–Crippen MR) is 63.2 cm³/mol. The van der Waals surface area contributed by atoms with E-state index in [1.807, 2.05) is 13.8 Å². The molecule has 0 aliphatic rings. The van der Waals surface area contributed by atoms with E-state index < -0.39 is 0 Å². The molecule has 2 atom stereocenters. The second-order valence-corrected chi connectivity index (χ2v) is 4.13. The summed E-state index contributed by atoms with van der Waals surface area (Å²) in [4.78, 5) is 4.29. The van der Waals surface area contributed by atoms with Crippen LogP contribution in [0.3, 0.4) is 0 Å². The second kappa shape index (κ2) is 5.46. The number of ether oxygens (including phenoxy) is 1. The summed E-state index contributed by atoms with van der Waals surface area (Å²) in [5, 5.41) is 3.27. The molecule has 1 heterocycles. The third-order valence-corrected chi connectivity index (χ3v) is 3.05. The van der Waals surface area contributed by atoms with Crippen molar-refractivity contribution in [3.05, 3.63) is 17.8 Å². The highest BCUT2D eigenvalue weighted by atomic mass is 16.5. The maximum absolute atomic E-state index is 5.75. The Balaban J connectivity index is 2.85. The molecule has 0 aliphatic heterocycles. The van der Waals surface area contributed by atoms with Crippen LogP contribution in [-0.4, -0.2) is 18.6 Å². The van der Waals surface area contributed by atoms with Crippen molar-refractivity contribution >= 4 is 0 Å². The zero-order valence-electron chi connectivity index (χ0n) is 10.8. The van der Waals surface area contributed by atoms with Crippen molar-refractivity contribution in [1.82, 2.24) is 10.3 Å². The summed E-state index contributed by atoms with van der Waals surface area (Å²) in [6.45, 7) is 9.07. The van der Waals surface area contributed by atoms with Gasteiger partial charge in [0.05, 0.1) is 12.2 Å². The molecule has 0 saturated heterocycles. The lowest BCUT2D eigenvalue weighted by Crippen LogP contribution is -2.22. The Labute approximate surface area is 97.4 Å². The van der Waals surface area contributed by atoms with Gasteiger partial charge in [0.1, 0.15) is 5.60 Å². The minimum atomic E-state index is -0.378. The third-order valence-electron chi connectivity index (χ3n) is 3.05. The molecule has 16 heavy (non-hydrogen) atoms. The lowest BCUT2D eigenvalue weighted by molar-refractivity contribution is -0.0200. The highest BCUT2D eigenvalue weighted by Crippen LogP contribution is 2.29. The molecule has 0 spiro atoms. The molecule has 2 unspecified atom stereocenters. The van der Waals surface area contributed by atoms with Gasteiger partial charge in [0.15, 0.2) is 5.76 Å². The number of methoxy groups -OCH3 is 1. The van der Waals surface area contributed by atoms with Crippen molar-refractivity contribution in [1.29, 1.82) is 0 Å². The fraction of sp³-hybridized carbons (Fsp3) is 0.750. The molecule has 0 amide bonds. The molecule has 0 aromatic carbocycles. The van der Waals surface area contributed by atoms with Gasteiger partial charge in [-0.05, 0) is 26.8 Å². The first-order valence-corrected chi connectivity index (χ1v) is 5.82. The van der Waals surface area contributed by atoms with Gasteiger partial charge in [0.2, 0.25) is 5.89 Å². The van der Waals surface area contributed by atoms with Crippen molar-refractivity contribution in [2.24, 2.45) is 0 Å². The van der Waals surface area contributed by atoms with Gasteiger partial charge in [-0.25, -0.2) is 4.98 Å². The van der Waals surface area contributed by atoms with Gasteiger partial charge < -0.3 is 14.5 Å². The van der Waals surface area contributed by atoms with Crippen molar-refractivity contribution in [2.45, 2.75) is 45.8 Å². The van der Waals surface area contributed by atoms with E-state index in [2.05, 4.69) is 24.1 Å². The van der Waals surface area contributed by atoms with Gasteiger partial charge in [-0.3, -0.25) is 0 Å². The van der Waals surface area contributed by atoms with Crippen LogP contribution in [-0.2, 0) is 10.3 Å². The Morgan fingerprint density at radius 3 is 2.75 bits per heavy atom. The molecular formula is C12H22N2O2. The van der Waals surface area contributed by atoms with Crippen LogP contribution in [0.25, 0.3) is 0 Å². The summed E-state index contributed by atoms with van der Waals surface area (Å²) in [6.07, 6.45) is 2.61. The van der Waals surface area contributed by atoms with Gasteiger partial charge in [-0.15, -0.1) is 0 Å². The zero-order chi connectivity index (χ0) is 12.2. The smallest absolute Gasteiger partial charge is 0.211 e. The van der Waals surface area contributed by atoms with Crippen molar-refractivity contribution in [3.63, 3.8) is 0 Å². The number of rotatable bonds is 6. The molecule has 4 heteroatoms. The zero-order valence-corrected chi connectivity index (χ0v) is 10.8. The van der Waals surface area contributed by atoms with Crippen molar-refractivity contribution in [2.75, 3.05) is 13.7 Å². The molecule has 92 valence electrons. The molecule has 0 saturated carbocycles. The molecular weight excluding hydrogens is 204 g/mol. The molecule has 1 N–H and O–H groups in total. The maximum atomic E-state index is 5.75. The highest BCUT2D eigenvalue weighted by molar-refractivity contribution is 5.06. The van der Waals surface area contributed by atoms with E-state index in [4.69, 9.17) is 9.15 Å². The minimum absolute atomic E-state index is 0.136. The standard InChI is InChI=1S/C12H22N2O2/c1-6-12(4,15-5)10-8-14-11(16-10)9(3)13-7-2/h8-9,13H,6-7H2,1-5H3. The summed E-state index contributed by atoms with van der Waals surface area (Å²) < 4.78 is 11.2. The number of nitrogens with one attached hydrogen (secondary N) is 1. The predicted octanol–water partition coefficient (Wildman–Crippen LogP) is 2.62. The van der Waals surface area contributed by atoms with E-state index in [1.165, 1.54) is 0 Å². The highest BCUT2D eigenvalue weighted by Gasteiger charge is 2.29. The van der Waals surface area contributed by atoms with Gasteiger partial charge >= 0.3 is 0 Å². The van der Waals surface area contributed by atoms with Gasteiger partial charge in [-0.1, -0.05) is 13.8 Å². The number of hydrogen-bond acceptors (Lipinski definition) is 4. The number of hydrogen-bond donors (Lipinski definition) is 1. The Bertz CT molecular complexity index is 319. The Hall–Kier alpha value is -0.870. The van der Waals surface area contributed by atoms with Crippen LogP contribution in [0.15, 0.2) is 10.6 Å². The summed E-state index contributed by atoms with van der Waals surface area (Å²) in [5.74, 6) is 1.51. The summed E-state index contributed by atoms with van der Waals surface area (Å²) in [7, 11) is 1.69. The van der Waals surface area contributed by atoms with Crippen LogP contribution in [0.5, 0.6) is 0 Å². The first-order valence-electron chi connectivity index (χ1n) is 5.82. The van der Waals surface area contributed by atoms with Crippen molar-refractivity contribution in [3.8, 4) is 0 Å². The van der Waals surface area contributed by atoms with Crippen LogP contribution in [0.4, 0.5) is 0 Å². The molecule has 0 aliphatic carbocycles. The Morgan fingerprint density at radius 1 is 1.56 bits per heavy atom. The van der Waals surface area contributed by atoms with Gasteiger partial charge in [0.25, 0.3) is 0 Å². The quantitative estimate of drug-likeness (QED) is 0.810. The fourth-order valence-corrected chi connectivity index (χ4v) is 1.54. The van der Waals surface area contributed by atoms with Crippen LogP contribution in [0.2, 0.25) is 0 Å². The molecule has 0 bridgehead atoms. The molecule has 4 nitrogen and oxygen atoms in total. The van der Waals surface area contributed by atoms with Gasteiger partial charge in [0, 0.05) is 7.11 Å². The molecule has 0 fully saturated rings. The number of aromatic nitrogens is 1. The van der Waals surface area contributed by atoms with E-state index in [1.54, 1.807) is 13.3 Å². The van der Waals surface area contributed by atoms with E-state index in [9.17, 15) is 0 Å². The van der Waals surface area contributed by atoms with Crippen LogP contribution >= 0.6 is 0 Å². The molecule has 1 rings (SSSR count). The average molecular weight is 226 g/mol. The molecule has 1 aromatic rings. The monoisotopic (exact) mass is 226 g/mol. The van der Waals surface area contributed by atoms with E-state index in [-0.39, 0.29) is 11.6 Å². The van der Waals surface area contributed by atoms with E-state index >= 15 is 0 Å². The summed E-state index contributed by atoms with van der Waals surface area (Å²) in [6, 6.07) is 0.136. The maximum Gasteiger partial charge on any atom is 0.211 e. The second-order valence-electron chi connectivity index (χ2n) is 4.13. The number of nitrogens with zero attached hydrogens (tertiary/aromatic N) is 1. The SMILES string of the molecule is CCNC(C)c1ncc(C(C)(CC)OC)o1. The minimum Gasteiger partial charge on any atom is -0.441 e. The fourth-order valence-electron chi connectivity index (χ4n) is 1.54.